The Morgan fingerprint density at radius 3 is 2.46 bits per heavy atom. The van der Waals surface area contributed by atoms with Gasteiger partial charge < -0.3 is 29.7 Å². The van der Waals surface area contributed by atoms with Crippen LogP contribution in [-0.4, -0.2) is 76.1 Å². The second kappa shape index (κ2) is 6.79. The third-order valence-electron chi connectivity index (χ3n) is 5.35. The van der Waals surface area contributed by atoms with Crippen molar-refractivity contribution in [1.29, 1.82) is 0 Å². The number of hydrogen-bond acceptors (Lipinski definition) is 7. The van der Waals surface area contributed by atoms with E-state index in [0.717, 1.165) is 22.2 Å². The lowest BCUT2D eigenvalue weighted by molar-refractivity contribution is -0.0504. The number of ether oxygens (including phenoxy) is 2. The Morgan fingerprint density at radius 1 is 1.12 bits per heavy atom. The van der Waals surface area contributed by atoms with Crippen LogP contribution in [0, 0.1) is 13.8 Å². The molecule has 142 valence electrons. The van der Waals surface area contributed by atoms with E-state index in [9.17, 15) is 15.3 Å². The molecule has 4 atom stereocenters. The van der Waals surface area contributed by atoms with Crippen LogP contribution >= 0.6 is 0 Å². The smallest absolute Gasteiger partial charge is 0.208 e. The van der Waals surface area contributed by atoms with Crippen LogP contribution in [0.4, 0.5) is 5.95 Å². The zero-order chi connectivity index (χ0) is 18.4. The number of hydrogen-bond donors (Lipinski definition) is 3. The molecule has 1 aromatic heterocycles. The molecule has 2 aliphatic heterocycles. The fraction of sp³-hybridized carbons (Fsp3) is 0.611. The molecule has 1 aromatic carbocycles. The van der Waals surface area contributed by atoms with E-state index in [-0.39, 0.29) is 6.61 Å². The van der Waals surface area contributed by atoms with Gasteiger partial charge in [0.1, 0.15) is 18.3 Å². The Kier molecular flexibility index (Phi) is 4.62. The summed E-state index contributed by atoms with van der Waals surface area (Å²) in [4.78, 5) is 6.89. The highest BCUT2D eigenvalue weighted by Gasteiger charge is 2.45. The minimum Gasteiger partial charge on any atom is -0.394 e. The van der Waals surface area contributed by atoms with E-state index in [0.29, 0.717) is 32.3 Å². The van der Waals surface area contributed by atoms with E-state index >= 15 is 0 Å². The minimum atomic E-state index is -1.15. The number of aryl methyl sites for hydroxylation is 2. The summed E-state index contributed by atoms with van der Waals surface area (Å²) >= 11 is 0. The second-order valence-corrected chi connectivity index (χ2v) is 7.04. The summed E-state index contributed by atoms with van der Waals surface area (Å²) in [6.45, 7) is 6.31. The second-order valence-electron chi connectivity index (χ2n) is 7.04. The van der Waals surface area contributed by atoms with Crippen molar-refractivity contribution < 1.29 is 24.8 Å². The third kappa shape index (κ3) is 2.78. The fourth-order valence-electron chi connectivity index (χ4n) is 3.67. The van der Waals surface area contributed by atoms with Gasteiger partial charge >= 0.3 is 0 Å². The molecule has 0 amide bonds. The molecule has 26 heavy (non-hydrogen) atoms. The molecule has 4 unspecified atom stereocenters. The van der Waals surface area contributed by atoms with E-state index in [2.05, 4.69) is 4.90 Å². The van der Waals surface area contributed by atoms with Gasteiger partial charge in [-0.3, -0.25) is 4.57 Å². The molecule has 0 aliphatic carbocycles. The molecule has 2 aliphatic rings. The Hall–Kier alpha value is -1.71. The first-order valence-electron chi connectivity index (χ1n) is 8.95. The number of fused-ring (bicyclic) bond motifs is 1. The van der Waals surface area contributed by atoms with Gasteiger partial charge in [0.2, 0.25) is 5.95 Å². The van der Waals surface area contributed by atoms with Gasteiger partial charge in [-0.15, -0.1) is 0 Å². The zero-order valence-corrected chi connectivity index (χ0v) is 15.0. The maximum atomic E-state index is 10.6. The molecule has 0 bridgehead atoms. The first kappa shape index (κ1) is 17.7. The number of rotatable bonds is 3. The van der Waals surface area contributed by atoms with Crippen molar-refractivity contribution in [1.82, 2.24) is 9.55 Å². The molecule has 2 fully saturated rings. The first-order valence-corrected chi connectivity index (χ1v) is 8.95. The highest BCUT2D eigenvalue weighted by molar-refractivity contribution is 5.81. The van der Waals surface area contributed by atoms with E-state index in [1.807, 2.05) is 30.5 Å². The Balaban J connectivity index is 1.86. The van der Waals surface area contributed by atoms with Crippen LogP contribution in [0.2, 0.25) is 0 Å². The van der Waals surface area contributed by atoms with Crippen LogP contribution in [0.5, 0.6) is 0 Å². The van der Waals surface area contributed by atoms with E-state index in [4.69, 9.17) is 14.5 Å². The van der Waals surface area contributed by atoms with Crippen molar-refractivity contribution in [2.45, 2.75) is 38.4 Å². The van der Waals surface area contributed by atoms with Crippen molar-refractivity contribution in [3.8, 4) is 0 Å². The molecule has 0 saturated carbocycles. The minimum absolute atomic E-state index is 0.355. The molecule has 2 saturated heterocycles. The SMILES string of the molecule is Cc1cc2nc(N3CCOCC3)n(C3OC(CO)C(O)C3O)c2cc1C. The summed E-state index contributed by atoms with van der Waals surface area (Å²) in [5, 5.41) is 30.2. The van der Waals surface area contributed by atoms with Crippen molar-refractivity contribution in [3.05, 3.63) is 23.3 Å². The van der Waals surface area contributed by atoms with Crippen molar-refractivity contribution in [2.24, 2.45) is 0 Å². The number of aliphatic hydroxyl groups is 3. The Morgan fingerprint density at radius 2 is 1.81 bits per heavy atom. The lowest BCUT2D eigenvalue weighted by atomic mass is 10.1. The Bertz CT molecular complexity index is 802. The maximum absolute atomic E-state index is 10.6. The Labute approximate surface area is 151 Å². The molecule has 4 rings (SSSR count). The zero-order valence-electron chi connectivity index (χ0n) is 15.0. The number of aliphatic hydroxyl groups excluding tert-OH is 3. The van der Waals surface area contributed by atoms with Crippen molar-refractivity contribution in [2.75, 3.05) is 37.8 Å². The monoisotopic (exact) mass is 363 g/mol. The van der Waals surface area contributed by atoms with Crippen LogP contribution < -0.4 is 4.90 Å². The molecular formula is C18H25N3O5. The summed E-state index contributed by atoms with van der Waals surface area (Å²) in [5.74, 6) is 0.683. The van der Waals surface area contributed by atoms with Gasteiger partial charge in [-0.05, 0) is 37.1 Å². The molecule has 8 heteroatoms. The predicted molar refractivity (Wildman–Crippen MR) is 95.2 cm³/mol. The van der Waals surface area contributed by atoms with Crippen molar-refractivity contribution in [3.63, 3.8) is 0 Å². The lowest BCUT2D eigenvalue weighted by Crippen LogP contribution is -2.39. The molecule has 2 aromatic rings. The number of morpholine rings is 1. The maximum Gasteiger partial charge on any atom is 0.208 e. The van der Waals surface area contributed by atoms with Gasteiger partial charge in [-0.25, -0.2) is 4.98 Å². The average molecular weight is 363 g/mol. The number of aromatic nitrogens is 2. The highest BCUT2D eigenvalue weighted by Crippen LogP contribution is 2.37. The quantitative estimate of drug-likeness (QED) is 0.711. The topological polar surface area (TPSA) is 100 Å². The molecular weight excluding hydrogens is 338 g/mol. The summed E-state index contributed by atoms with van der Waals surface area (Å²) in [6.07, 6.45) is -3.93. The van der Waals surface area contributed by atoms with Gasteiger partial charge in [0.05, 0.1) is 30.9 Å². The summed E-state index contributed by atoms with van der Waals surface area (Å²) < 4.78 is 13.1. The molecule has 0 spiro atoms. The standard InChI is InChI=1S/C18H25N3O5/c1-10-7-12-13(8-11(10)2)21(17-16(24)15(23)14(9-22)26-17)18(19-12)20-3-5-25-6-4-20/h7-8,14-17,22-24H,3-6,9H2,1-2H3. The van der Waals surface area contributed by atoms with E-state index in [1.54, 1.807) is 0 Å². The predicted octanol–water partition coefficient (Wildman–Crippen LogP) is 0.101. The number of benzene rings is 1. The largest absolute Gasteiger partial charge is 0.394 e. The molecule has 3 N–H and O–H groups in total. The molecule has 3 heterocycles. The number of anilines is 1. The van der Waals surface area contributed by atoms with Gasteiger partial charge in [0.15, 0.2) is 6.23 Å². The number of imidazole rings is 1. The van der Waals surface area contributed by atoms with Crippen LogP contribution in [0.1, 0.15) is 17.4 Å². The normalized spacial score (nSPS) is 29.7. The van der Waals surface area contributed by atoms with Crippen LogP contribution in [0.25, 0.3) is 11.0 Å². The van der Waals surface area contributed by atoms with Crippen molar-refractivity contribution >= 4 is 17.0 Å². The van der Waals surface area contributed by atoms with Crippen LogP contribution in [0.15, 0.2) is 12.1 Å². The summed E-state index contributed by atoms with van der Waals surface area (Å²) in [6, 6.07) is 4.04. The summed E-state index contributed by atoms with van der Waals surface area (Å²) in [7, 11) is 0. The fourth-order valence-corrected chi connectivity index (χ4v) is 3.67. The summed E-state index contributed by atoms with van der Waals surface area (Å²) in [5.41, 5.74) is 3.90. The van der Waals surface area contributed by atoms with Gasteiger partial charge in [-0.1, -0.05) is 0 Å². The van der Waals surface area contributed by atoms with Crippen LogP contribution in [0.3, 0.4) is 0 Å². The molecule has 8 nitrogen and oxygen atoms in total. The highest BCUT2D eigenvalue weighted by atomic mass is 16.6. The average Bonchev–Trinajstić information content (AvgIpc) is 3.14. The van der Waals surface area contributed by atoms with Gasteiger partial charge in [0.25, 0.3) is 0 Å². The van der Waals surface area contributed by atoms with Gasteiger partial charge in [0, 0.05) is 13.1 Å². The van der Waals surface area contributed by atoms with E-state index in [1.165, 1.54) is 0 Å². The van der Waals surface area contributed by atoms with Gasteiger partial charge in [-0.2, -0.15) is 0 Å². The third-order valence-corrected chi connectivity index (χ3v) is 5.35. The number of nitrogens with zero attached hydrogens (tertiary/aromatic N) is 3. The van der Waals surface area contributed by atoms with Crippen LogP contribution in [-0.2, 0) is 9.47 Å². The lowest BCUT2D eigenvalue weighted by Gasteiger charge is -2.30. The molecule has 0 radical (unpaired) electrons. The van der Waals surface area contributed by atoms with E-state index < -0.39 is 24.5 Å². The first-order chi connectivity index (χ1) is 12.5.